The average Bonchev–Trinajstić information content (AvgIpc) is 2.92. The Balaban J connectivity index is 2.52. The number of rotatable bonds is 2. The summed E-state index contributed by atoms with van der Waals surface area (Å²) in [5.74, 6) is 0.495. The molecule has 0 bridgehead atoms. The molecule has 0 aliphatic heterocycles. The molecule has 0 radical (unpaired) electrons. The van der Waals surface area contributed by atoms with E-state index in [0.29, 0.717) is 18.0 Å². The molecule has 1 heterocycles. The lowest BCUT2D eigenvalue weighted by atomic mass is 10.3. The van der Waals surface area contributed by atoms with Crippen LogP contribution in [0.3, 0.4) is 0 Å². The molecule has 1 aliphatic carbocycles. The molecule has 0 saturated heterocycles. The molecule has 1 aromatic heterocycles. The summed E-state index contributed by atoms with van der Waals surface area (Å²) in [5, 5.41) is 0.145. The zero-order valence-electron chi connectivity index (χ0n) is 7.84. The summed E-state index contributed by atoms with van der Waals surface area (Å²) < 4.78 is 1.23. The minimum atomic E-state index is -0.405. The Morgan fingerprint density at radius 1 is 1.50 bits per heavy atom. The molecule has 1 fully saturated rings. The first-order valence-corrected chi connectivity index (χ1v) is 4.96. The highest BCUT2D eigenvalue weighted by Gasteiger charge is 2.23. The molecule has 2 rings (SSSR count). The van der Waals surface area contributed by atoms with Gasteiger partial charge < -0.3 is 0 Å². The van der Waals surface area contributed by atoms with Crippen molar-refractivity contribution in [3.8, 4) is 0 Å². The number of nitrogens with one attached hydrogen (secondary N) is 1. The fraction of sp³-hybridized carbons (Fsp3) is 0.556. The minimum Gasteiger partial charge on any atom is -0.297 e. The van der Waals surface area contributed by atoms with E-state index >= 15 is 0 Å². The molecule has 1 N–H and O–H groups in total. The van der Waals surface area contributed by atoms with E-state index in [1.54, 1.807) is 6.92 Å². The van der Waals surface area contributed by atoms with Gasteiger partial charge in [0.2, 0.25) is 0 Å². The van der Waals surface area contributed by atoms with E-state index in [9.17, 15) is 9.59 Å². The van der Waals surface area contributed by atoms with Gasteiger partial charge in [0, 0.05) is 12.1 Å². The SMILES string of the molecule is Cc1c(Cl)[nH]c(=O)n(CC2CC2)c1=O. The van der Waals surface area contributed by atoms with Gasteiger partial charge >= 0.3 is 5.69 Å². The van der Waals surface area contributed by atoms with Crippen LogP contribution in [0.15, 0.2) is 9.59 Å². The van der Waals surface area contributed by atoms with E-state index < -0.39 is 5.69 Å². The van der Waals surface area contributed by atoms with Crippen molar-refractivity contribution in [1.82, 2.24) is 9.55 Å². The van der Waals surface area contributed by atoms with Gasteiger partial charge in [-0.1, -0.05) is 11.6 Å². The first-order chi connectivity index (χ1) is 6.59. The summed E-state index contributed by atoms with van der Waals surface area (Å²) in [6.07, 6.45) is 2.21. The third-order valence-corrected chi connectivity index (χ3v) is 2.87. The fourth-order valence-electron chi connectivity index (χ4n) is 1.37. The quantitative estimate of drug-likeness (QED) is 0.744. The van der Waals surface area contributed by atoms with Crippen LogP contribution < -0.4 is 11.2 Å². The highest BCUT2D eigenvalue weighted by molar-refractivity contribution is 6.30. The fourth-order valence-corrected chi connectivity index (χ4v) is 1.53. The third-order valence-electron chi connectivity index (χ3n) is 2.49. The average molecular weight is 215 g/mol. The summed E-state index contributed by atoms with van der Waals surface area (Å²) >= 11 is 5.67. The molecular weight excluding hydrogens is 204 g/mol. The van der Waals surface area contributed by atoms with Gasteiger partial charge in [-0.15, -0.1) is 0 Å². The van der Waals surface area contributed by atoms with Gasteiger partial charge in [-0.3, -0.25) is 14.3 Å². The number of halogens is 1. The minimum absolute atomic E-state index is 0.145. The van der Waals surface area contributed by atoms with Crippen LogP contribution >= 0.6 is 11.6 Å². The van der Waals surface area contributed by atoms with E-state index in [-0.39, 0.29) is 10.7 Å². The van der Waals surface area contributed by atoms with Crippen molar-refractivity contribution in [1.29, 1.82) is 0 Å². The maximum atomic E-state index is 11.6. The number of hydrogen-bond acceptors (Lipinski definition) is 2. The molecule has 14 heavy (non-hydrogen) atoms. The van der Waals surface area contributed by atoms with Gasteiger partial charge in [0.15, 0.2) is 0 Å². The second-order valence-corrected chi connectivity index (χ2v) is 4.11. The van der Waals surface area contributed by atoms with Crippen molar-refractivity contribution in [3.05, 3.63) is 31.6 Å². The van der Waals surface area contributed by atoms with Gasteiger partial charge in [0.25, 0.3) is 5.56 Å². The lowest BCUT2D eigenvalue weighted by Crippen LogP contribution is -2.37. The van der Waals surface area contributed by atoms with E-state index in [0.717, 1.165) is 12.8 Å². The van der Waals surface area contributed by atoms with Crippen LogP contribution in [0.2, 0.25) is 5.15 Å². The third kappa shape index (κ3) is 1.62. The summed E-state index contributed by atoms with van der Waals surface area (Å²) in [6.45, 7) is 2.14. The second kappa shape index (κ2) is 3.28. The van der Waals surface area contributed by atoms with Crippen LogP contribution in [0.4, 0.5) is 0 Å². The molecule has 1 saturated carbocycles. The lowest BCUT2D eigenvalue weighted by Gasteiger charge is -2.04. The Kier molecular flexibility index (Phi) is 2.23. The smallest absolute Gasteiger partial charge is 0.297 e. The lowest BCUT2D eigenvalue weighted by molar-refractivity contribution is 0.572. The second-order valence-electron chi connectivity index (χ2n) is 3.73. The van der Waals surface area contributed by atoms with Gasteiger partial charge in [-0.05, 0) is 25.7 Å². The van der Waals surface area contributed by atoms with Crippen molar-refractivity contribution >= 4 is 11.6 Å². The predicted octanol–water partition coefficient (Wildman–Crippen LogP) is 0.908. The highest BCUT2D eigenvalue weighted by Crippen LogP contribution is 2.29. The highest BCUT2D eigenvalue weighted by atomic mass is 35.5. The molecule has 0 amide bonds. The summed E-state index contributed by atoms with van der Waals surface area (Å²) in [4.78, 5) is 25.5. The van der Waals surface area contributed by atoms with Gasteiger partial charge in [0.1, 0.15) is 5.15 Å². The molecule has 0 unspecified atom stereocenters. The van der Waals surface area contributed by atoms with Gasteiger partial charge in [-0.2, -0.15) is 0 Å². The van der Waals surface area contributed by atoms with E-state index in [1.165, 1.54) is 4.57 Å². The Morgan fingerprint density at radius 3 is 2.71 bits per heavy atom. The standard InChI is InChI=1S/C9H11ClN2O2/c1-5-7(10)11-9(14)12(8(5)13)4-6-2-3-6/h6H,2-4H2,1H3,(H,11,14). The predicted molar refractivity (Wildman–Crippen MR) is 53.8 cm³/mol. The maximum absolute atomic E-state index is 11.6. The first kappa shape index (κ1) is 9.52. The molecular formula is C9H11ClN2O2. The zero-order valence-corrected chi connectivity index (χ0v) is 8.60. The number of aromatic nitrogens is 2. The largest absolute Gasteiger partial charge is 0.329 e. The molecule has 0 spiro atoms. The Bertz CT molecular complexity index is 471. The van der Waals surface area contributed by atoms with Crippen LogP contribution in [0, 0.1) is 12.8 Å². The topological polar surface area (TPSA) is 54.9 Å². The molecule has 1 aliphatic rings. The van der Waals surface area contributed by atoms with Crippen molar-refractivity contribution in [2.45, 2.75) is 26.3 Å². The van der Waals surface area contributed by atoms with Gasteiger partial charge in [-0.25, -0.2) is 4.79 Å². The van der Waals surface area contributed by atoms with Crippen molar-refractivity contribution in [3.63, 3.8) is 0 Å². The molecule has 0 atom stereocenters. The number of nitrogens with zero attached hydrogens (tertiary/aromatic N) is 1. The maximum Gasteiger partial charge on any atom is 0.329 e. The molecule has 5 heteroatoms. The Labute approximate surface area is 85.5 Å². The van der Waals surface area contributed by atoms with Gasteiger partial charge in [0.05, 0.1) is 0 Å². The van der Waals surface area contributed by atoms with Crippen molar-refractivity contribution in [2.24, 2.45) is 5.92 Å². The molecule has 0 aromatic carbocycles. The summed E-state index contributed by atoms with van der Waals surface area (Å²) in [7, 11) is 0. The first-order valence-electron chi connectivity index (χ1n) is 4.59. The molecule has 4 nitrogen and oxygen atoms in total. The normalized spacial score (nSPS) is 15.9. The van der Waals surface area contributed by atoms with E-state index in [2.05, 4.69) is 4.98 Å². The number of H-pyrrole nitrogens is 1. The molecule has 1 aromatic rings. The van der Waals surface area contributed by atoms with Crippen LogP contribution in [0.25, 0.3) is 0 Å². The van der Waals surface area contributed by atoms with E-state index in [1.807, 2.05) is 0 Å². The number of hydrogen-bond donors (Lipinski definition) is 1. The zero-order chi connectivity index (χ0) is 10.3. The van der Waals surface area contributed by atoms with E-state index in [4.69, 9.17) is 11.6 Å². The number of aromatic amines is 1. The summed E-state index contributed by atoms with van der Waals surface area (Å²) in [6, 6.07) is 0. The Morgan fingerprint density at radius 2 is 2.14 bits per heavy atom. The van der Waals surface area contributed by atoms with Crippen LogP contribution in [0.1, 0.15) is 18.4 Å². The van der Waals surface area contributed by atoms with Crippen LogP contribution in [-0.4, -0.2) is 9.55 Å². The van der Waals surface area contributed by atoms with Crippen molar-refractivity contribution < 1.29 is 0 Å². The Hall–Kier alpha value is -1.03. The van der Waals surface area contributed by atoms with Crippen LogP contribution in [0.5, 0.6) is 0 Å². The monoisotopic (exact) mass is 214 g/mol. The summed E-state index contributed by atoms with van der Waals surface area (Å²) in [5.41, 5.74) is -0.268. The van der Waals surface area contributed by atoms with Crippen LogP contribution in [-0.2, 0) is 6.54 Å². The van der Waals surface area contributed by atoms with Crippen molar-refractivity contribution in [2.75, 3.05) is 0 Å². The molecule has 76 valence electrons.